The van der Waals surface area contributed by atoms with Crippen LogP contribution < -0.4 is 0 Å². The van der Waals surface area contributed by atoms with Crippen molar-refractivity contribution in [3.05, 3.63) is 49.8 Å². The van der Waals surface area contributed by atoms with E-state index >= 15 is 0 Å². The molecule has 0 atom stereocenters. The summed E-state index contributed by atoms with van der Waals surface area (Å²) < 4.78 is 41.3. The van der Waals surface area contributed by atoms with E-state index in [-0.39, 0.29) is 18.0 Å². The van der Waals surface area contributed by atoms with Crippen LogP contribution in [0.5, 0.6) is 0 Å². The number of benzene rings is 1. The molecule has 114 valence electrons. The van der Waals surface area contributed by atoms with Gasteiger partial charge in [-0.15, -0.1) is 11.3 Å². The fourth-order valence-electron chi connectivity index (χ4n) is 1.80. The summed E-state index contributed by atoms with van der Waals surface area (Å²) in [6.07, 6.45) is 0. The zero-order chi connectivity index (χ0) is 15.6. The van der Waals surface area contributed by atoms with Crippen molar-refractivity contribution in [3.8, 4) is 0 Å². The minimum atomic E-state index is -3.89. The number of rotatable bonds is 5. The third-order valence-electron chi connectivity index (χ3n) is 2.83. The Labute approximate surface area is 140 Å². The van der Waals surface area contributed by atoms with Gasteiger partial charge in [0, 0.05) is 22.4 Å². The standard InChI is InChI=1S/C13H12BrClFNO2S2/c1-2-17(8-10-4-6-13(15)20-10)21(18,19)12-5-3-9(14)7-11(12)16/h3-7H,2,8H2,1H3. The second kappa shape index (κ2) is 6.75. The van der Waals surface area contributed by atoms with Crippen LogP contribution in [0.25, 0.3) is 0 Å². The topological polar surface area (TPSA) is 37.4 Å². The van der Waals surface area contributed by atoms with Crippen molar-refractivity contribution in [1.82, 2.24) is 4.31 Å². The summed E-state index contributed by atoms with van der Waals surface area (Å²) in [5.41, 5.74) is 0. The van der Waals surface area contributed by atoms with Crippen molar-refractivity contribution >= 4 is 48.9 Å². The molecule has 21 heavy (non-hydrogen) atoms. The third kappa shape index (κ3) is 3.84. The van der Waals surface area contributed by atoms with Gasteiger partial charge >= 0.3 is 0 Å². The second-order valence-electron chi connectivity index (χ2n) is 4.21. The van der Waals surface area contributed by atoms with E-state index in [1.807, 2.05) is 0 Å². The maximum atomic E-state index is 13.9. The molecule has 0 radical (unpaired) electrons. The van der Waals surface area contributed by atoms with Gasteiger partial charge in [0.05, 0.1) is 4.34 Å². The summed E-state index contributed by atoms with van der Waals surface area (Å²) in [5, 5.41) is 0. The van der Waals surface area contributed by atoms with Crippen LogP contribution in [0.15, 0.2) is 39.7 Å². The average Bonchev–Trinajstić information content (AvgIpc) is 2.80. The first kappa shape index (κ1) is 16.9. The fraction of sp³-hybridized carbons (Fsp3) is 0.231. The number of hydrogen-bond donors (Lipinski definition) is 0. The Morgan fingerprint density at radius 1 is 1.33 bits per heavy atom. The lowest BCUT2D eigenvalue weighted by Crippen LogP contribution is -2.30. The Kier molecular flexibility index (Phi) is 5.43. The highest BCUT2D eigenvalue weighted by Gasteiger charge is 2.26. The Morgan fingerprint density at radius 2 is 2.05 bits per heavy atom. The first-order valence-electron chi connectivity index (χ1n) is 6.04. The van der Waals surface area contributed by atoms with Crippen LogP contribution in [0.2, 0.25) is 4.34 Å². The Hall–Kier alpha value is -0.470. The van der Waals surface area contributed by atoms with E-state index in [0.717, 1.165) is 10.9 Å². The number of sulfonamides is 1. The molecule has 0 N–H and O–H groups in total. The lowest BCUT2D eigenvalue weighted by molar-refractivity contribution is 0.422. The van der Waals surface area contributed by atoms with E-state index in [9.17, 15) is 12.8 Å². The van der Waals surface area contributed by atoms with Gasteiger partial charge in [-0.05, 0) is 30.3 Å². The van der Waals surface area contributed by atoms with Crippen molar-refractivity contribution in [2.75, 3.05) is 6.54 Å². The molecule has 0 aliphatic rings. The molecule has 0 saturated heterocycles. The molecule has 0 unspecified atom stereocenters. The van der Waals surface area contributed by atoms with Crippen molar-refractivity contribution in [2.45, 2.75) is 18.4 Å². The maximum absolute atomic E-state index is 13.9. The van der Waals surface area contributed by atoms with Crippen LogP contribution in [-0.4, -0.2) is 19.3 Å². The average molecular weight is 413 g/mol. The quantitative estimate of drug-likeness (QED) is 0.724. The van der Waals surface area contributed by atoms with Crippen LogP contribution >= 0.6 is 38.9 Å². The molecule has 1 aromatic heterocycles. The van der Waals surface area contributed by atoms with Crippen molar-refractivity contribution in [3.63, 3.8) is 0 Å². The van der Waals surface area contributed by atoms with Crippen LogP contribution in [-0.2, 0) is 16.6 Å². The van der Waals surface area contributed by atoms with Crippen molar-refractivity contribution in [1.29, 1.82) is 0 Å². The first-order valence-corrected chi connectivity index (χ1v) is 9.46. The largest absolute Gasteiger partial charge is 0.246 e. The van der Waals surface area contributed by atoms with Gasteiger partial charge in [-0.3, -0.25) is 0 Å². The lowest BCUT2D eigenvalue weighted by Gasteiger charge is -2.20. The summed E-state index contributed by atoms with van der Waals surface area (Å²) >= 11 is 10.3. The van der Waals surface area contributed by atoms with E-state index in [2.05, 4.69) is 15.9 Å². The third-order valence-corrected chi connectivity index (χ3v) is 6.49. The summed E-state index contributed by atoms with van der Waals surface area (Å²) in [4.78, 5) is 0.484. The molecule has 1 aromatic carbocycles. The highest BCUT2D eigenvalue weighted by Crippen LogP contribution is 2.27. The molecule has 8 heteroatoms. The minimum Gasteiger partial charge on any atom is -0.207 e. The number of halogens is 3. The molecule has 2 rings (SSSR count). The fourth-order valence-corrected chi connectivity index (χ4v) is 4.79. The molecular weight excluding hydrogens is 401 g/mol. The smallest absolute Gasteiger partial charge is 0.207 e. The zero-order valence-corrected chi connectivity index (χ0v) is 15.0. The van der Waals surface area contributed by atoms with E-state index < -0.39 is 15.8 Å². The monoisotopic (exact) mass is 411 g/mol. The van der Waals surface area contributed by atoms with Gasteiger partial charge < -0.3 is 0 Å². The molecule has 0 bridgehead atoms. The zero-order valence-electron chi connectivity index (χ0n) is 11.0. The molecule has 0 spiro atoms. The predicted octanol–water partition coefficient (Wildman–Crippen LogP) is 4.51. The van der Waals surface area contributed by atoms with Crippen molar-refractivity contribution < 1.29 is 12.8 Å². The van der Waals surface area contributed by atoms with Crippen LogP contribution in [0.4, 0.5) is 4.39 Å². The highest BCUT2D eigenvalue weighted by atomic mass is 79.9. The van der Waals surface area contributed by atoms with E-state index in [1.165, 1.54) is 27.8 Å². The van der Waals surface area contributed by atoms with Gasteiger partial charge in [-0.25, -0.2) is 12.8 Å². The Balaban J connectivity index is 2.35. The summed E-state index contributed by atoms with van der Waals surface area (Å²) in [6.45, 7) is 2.13. The van der Waals surface area contributed by atoms with Crippen LogP contribution in [0.1, 0.15) is 11.8 Å². The normalized spacial score (nSPS) is 12.0. The summed E-state index contributed by atoms with van der Waals surface area (Å²) in [5.74, 6) is -0.771. The van der Waals surface area contributed by atoms with Crippen LogP contribution in [0, 0.1) is 5.82 Å². The predicted molar refractivity (Wildman–Crippen MR) is 86.7 cm³/mol. The van der Waals surface area contributed by atoms with E-state index in [1.54, 1.807) is 19.1 Å². The molecule has 0 fully saturated rings. The molecule has 0 saturated carbocycles. The molecule has 0 aliphatic heterocycles. The van der Waals surface area contributed by atoms with Gasteiger partial charge in [0.1, 0.15) is 10.7 Å². The summed E-state index contributed by atoms with van der Waals surface area (Å²) in [6, 6.07) is 7.39. The van der Waals surface area contributed by atoms with Gasteiger partial charge in [-0.1, -0.05) is 34.5 Å². The second-order valence-corrected chi connectivity index (χ2v) is 8.83. The molecule has 0 aliphatic carbocycles. The first-order chi connectivity index (χ1) is 9.84. The Bertz CT molecular complexity index is 748. The van der Waals surface area contributed by atoms with Gasteiger partial charge in [0.15, 0.2) is 0 Å². The number of thiophene rings is 1. The van der Waals surface area contributed by atoms with Crippen molar-refractivity contribution in [2.24, 2.45) is 0 Å². The lowest BCUT2D eigenvalue weighted by atomic mass is 10.3. The summed E-state index contributed by atoms with van der Waals surface area (Å²) in [7, 11) is -3.89. The van der Waals surface area contributed by atoms with E-state index in [0.29, 0.717) is 8.81 Å². The van der Waals surface area contributed by atoms with Crippen LogP contribution in [0.3, 0.4) is 0 Å². The molecule has 1 heterocycles. The highest BCUT2D eigenvalue weighted by molar-refractivity contribution is 9.10. The van der Waals surface area contributed by atoms with Gasteiger partial charge in [0.25, 0.3) is 0 Å². The number of hydrogen-bond acceptors (Lipinski definition) is 3. The molecule has 2 aromatic rings. The minimum absolute atomic E-state index is 0.172. The SMILES string of the molecule is CCN(Cc1ccc(Cl)s1)S(=O)(=O)c1ccc(Br)cc1F. The van der Waals surface area contributed by atoms with Gasteiger partial charge in [-0.2, -0.15) is 4.31 Å². The number of nitrogens with zero attached hydrogens (tertiary/aromatic N) is 1. The Morgan fingerprint density at radius 3 is 2.57 bits per heavy atom. The van der Waals surface area contributed by atoms with E-state index in [4.69, 9.17) is 11.6 Å². The molecule has 0 amide bonds. The maximum Gasteiger partial charge on any atom is 0.246 e. The molecule has 3 nitrogen and oxygen atoms in total. The van der Waals surface area contributed by atoms with Gasteiger partial charge in [0.2, 0.25) is 10.0 Å². The molecular formula is C13H12BrClFNO2S2.